The average Bonchev–Trinajstić information content (AvgIpc) is 2.34. The molecular formula is C9H7BrS. The molecule has 0 atom stereocenters. The molecule has 0 aliphatic heterocycles. The van der Waals surface area contributed by atoms with Gasteiger partial charge in [-0.2, -0.15) is 0 Å². The van der Waals surface area contributed by atoms with Gasteiger partial charge in [0.25, 0.3) is 0 Å². The first kappa shape index (κ1) is 7.32. The fourth-order valence-corrected chi connectivity index (χ4v) is 2.97. The Morgan fingerprint density at radius 2 is 2.18 bits per heavy atom. The Morgan fingerprint density at radius 1 is 1.36 bits per heavy atom. The highest BCUT2D eigenvalue weighted by Crippen LogP contribution is 2.31. The van der Waals surface area contributed by atoms with Crippen LogP contribution in [0, 0.1) is 6.92 Å². The van der Waals surface area contributed by atoms with E-state index in [2.05, 4.69) is 46.4 Å². The summed E-state index contributed by atoms with van der Waals surface area (Å²) in [5.41, 5.74) is 1.36. The quantitative estimate of drug-likeness (QED) is 0.638. The van der Waals surface area contributed by atoms with Gasteiger partial charge in [0.2, 0.25) is 0 Å². The molecule has 0 nitrogen and oxygen atoms in total. The van der Waals surface area contributed by atoms with Crippen LogP contribution < -0.4 is 0 Å². The van der Waals surface area contributed by atoms with Crippen molar-refractivity contribution in [1.82, 2.24) is 0 Å². The number of halogens is 1. The molecular weight excluding hydrogens is 220 g/mol. The average molecular weight is 227 g/mol. The molecule has 0 bridgehead atoms. The van der Waals surface area contributed by atoms with Gasteiger partial charge in [0.05, 0.1) is 0 Å². The first-order valence-electron chi connectivity index (χ1n) is 3.41. The summed E-state index contributed by atoms with van der Waals surface area (Å²) in [6, 6.07) is 6.31. The molecule has 0 saturated heterocycles. The Labute approximate surface area is 78.0 Å². The minimum Gasteiger partial charge on any atom is -0.143 e. The molecule has 0 unspecified atom stereocenters. The van der Waals surface area contributed by atoms with Crippen molar-refractivity contribution < 1.29 is 0 Å². The SMILES string of the molecule is Cc1csc2cccc(Br)c12. The van der Waals surface area contributed by atoms with Crippen molar-refractivity contribution in [3.05, 3.63) is 33.6 Å². The Morgan fingerprint density at radius 3 is 2.91 bits per heavy atom. The summed E-state index contributed by atoms with van der Waals surface area (Å²) in [6.07, 6.45) is 0. The van der Waals surface area contributed by atoms with Gasteiger partial charge in [-0.1, -0.05) is 22.0 Å². The highest BCUT2D eigenvalue weighted by molar-refractivity contribution is 9.10. The second kappa shape index (κ2) is 2.61. The van der Waals surface area contributed by atoms with Gasteiger partial charge < -0.3 is 0 Å². The maximum absolute atomic E-state index is 3.53. The molecule has 2 heteroatoms. The third-order valence-corrected chi connectivity index (χ3v) is 3.46. The number of fused-ring (bicyclic) bond motifs is 1. The molecule has 2 aromatic rings. The Bertz CT molecular complexity index is 389. The zero-order valence-corrected chi connectivity index (χ0v) is 8.50. The van der Waals surface area contributed by atoms with E-state index in [9.17, 15) is 0 Å². The van der Waals surface area contributed by atoms with Gasteiger partial charge in [-0.3, -0.25) is 0 Å². The summed E-state index contributed by atoms with van der Waals surface area (Å²) >= 11 is 5.33. The van der Waals surface area contributed by atoms with Crippen LogP contribution in [0.1, 0.15) is 5.56 Å². The van der Waals surface area contributed by atoms with Gasteiger partial charge >= 0.3 is 0 Å². The van der Waals surface area contributed by atoms with Crippen LogP contribution in [0.2, 0.25) is 0 Å². The van der Waals surface area contributed by atoms with E-state index in [-0.39, 0.29) is 0 Å². The zero-order chi connectivity index (χ0) is 7.84. The van der Waals surface area contributed by atoms with Crippen LogP contribution in [0.15, 0.2) is 28.1 Å². The van der Waals surface area contributed by atoms with Crippen molar-refractivity contribution in [3.8, 4) is 0 Å². The lowest BCUT2D eigenvalue weighted by atomic mass is 10.2. The smallest absolute Gasteiger partial charge is 0.0356 e. The molecule has 1 aromatic heterocycles. The van der Waals surface area contributed by atoms with Crippen LogP contribution in [0.4, 0.5) is 0 Å². The van der Waals surface area contributed by atoms with E-state index < -0.39 is 0 Å². The van der Waals surface area contributed by atoms with Gasteiger partial charge in [-0.15, -0.1) is 11.3 Å². The van der Waals surface area contributed by atoms with Crippen molar-refractivity contribution in [2.75, 3.05) is 0 Å². The molecule has 1 heterocycles. The number of hydrogen-bond acceptors (Lipinski definition) is 1. The van der Waals surface area contributed by atoms with Crippen molar-refractivity contribution in [2.24, 2.45) is 0 Å². The number of rotatable bonds is 0. The number of thiophene rings is 1. The molecule has 0 aliphatic rings. The van der Waals surface area contributed by atoms with E-state index in [1.165, 1.54) is 20.1 Å². The molecule has 2 rings (SSSR count). The zero-order valence-electron chi connectivity index (χ0n) is 6.10. The largest absolute Gasteiger partial charge is 0.143 e. The summed E-state index contributed by atoms with van der Waals surface area (Å²) in [5.74, 6) is 0. The first-order valence-corrected chi connectivity index (χ1v) is 5.08. The predicted molar refractivity (Wildman–Crippen MR) is 54.3 cm³/mol. The molecule has 0 radical (unpaired) electrons. The molecule has 11 heavy (non-hydrogen) atoms. The van der Waals surface area contributed by atoms with E-state index >= 15 is 0 Å². The fraction of sp³-hybridized carbons (Fsp3) is 0.111. The van der Waals surface area contributed by atoms with Crippen LogP contribution in [0.3, 0.4) is 0 Å². The van der Waals surface area contributed by atoms with Crippen LogP contribution in [0.25, 0.3) is 10.1 Å². The van der Waals surface area contributed by atoms with E-state index in [0.717, 1.165) is 0 Å². The van der Waals surface area contributed by atoms with Gasteiger partial charge in [-0.05, 0) is 30.0 Å². The van der Waals surface area contributed by atoms with Crippen LogP contribution >= 0.6 is 27.3 Å². The van der Waals surface area contributed by atoms with Crippen LogP contribution in [-0.4, -0.2) is 0 Å². The van der Waals surface area contributed by atoms with Crippen molar-refractivity contribution in [2.45, 2.75) is 6.92 Å². The third-order valence-electron chi connectivity index (χ3n) is 1.73. The minimum atomic E-state index is 1.20. The van der Waals surface area contributed by atoms with Gasteiger partial charge in [0.1, 0.15) is 0 Å². The van der Waals surface area contributed by atoms with Gasteiger partial charge in [-0.25, -0.2) is 0 Å². The fourth-order valence-electron chi connectivity index (χ4n) is 1.20. The van der Waals surface area contributed by atoms with Crippen LogP contribution in [-0.2, 0) is 0 Å². The molecule has 56 valence electrons. The van der Waals surface area contributed by atoms with Gasteiger partial charge in [0, 0.05) is 14.6 Å². The number of benzene rings is 1. The van der Waals surface area contributed by atoms with E-state index in [1.807, 2.05) is 0 Å². The van der Waals surface area contributed by atoms with Crippen molar-refractivity contribution >= 4 is 37.4 Å². The monoisotopic (exact) mass is 226 g/mol. The maximum atomic E-state index is 3.53. The Hall–Kier alpha value is -0.340. The summed E-state index contributed by atoms with van der Waals surface area (Å²) in [6.45, 7) is 2.14. The normalized spacial score (nSPS) is 10.7. The molecule has 0 aliphatic carbocycles. The number of aryl methyl sites for hydroxylation is 1. The highest BCUT2D eigenvalue weighted by atomic mass is 79.9. The van der Waals surface area contributed by atoms with Crippen molar-refractivity contribution in [3.63, 3.8) is 0 Å². The highest BCUT2D eigenvalue weighted by Gasteiger charge is 2.01. The predicted octanol–water partition coefficient (Wildman–Crippen LogP) is 3.97. The van der Waals surface area contributed by atoms with Crippen molar-refractivity contribution in [1.29, 1.82) is 0 Å². The first-order chi connectivity index (χ1) is 5.29. The molecule has 0 amide bonds. The lowest BCUT2D eigenvalue weighted by Gasteiger charge is -1.93. The molecule has 0 N–H and O–H groups in total. The van der Waals surface area contributed by atoms with E-state index in [1.54, 1.807) is 11.3 Å². The standard InChI is InChI=1S/C9H7BrS/c1-6-5-11-8-4-2-3-7(10)9(6)8/h2-5H,1H3. The Balaban J connectivity index is 2.96. The van der Waals surface area contributed by atoms with E-state index in [0.29, 0.717) is 0 Å². The summed E-state index contributed by atoms with van der Waals surface area (Å²) in [4.78, 5) is 0. The summed E-state index contributed by atoms with van der Waals surface area (Å²) < 4.78 is 2.56. The second-order valence-electron chi connectivity index (χ2n) is 2.53. The lowest BCUT2D eigenvalue weighted by Crippen LogP contribution is -1.68. The van der Waals surface area contributed by atoms with E-state index in [4.69, 9.17) is 0 Å². The second-order valence-corrected chi connectivity index (χ2v) is 4.30. The summed E-state index contributed by atoms with van der Waals surface area (Å²) in [7, 11) is 0. The minimum absolute atomic E-state index is 1.20. The topological polar surface area (TPSA) is 0 Å². The molecule has 1 aromatic carbocycles. The molecule has 0 spiro atoms. The molecule has 0 saturated carbocycles. The third kappa shape index (κ3) is 1.10. The molecule has 0 fully saturated rings. The Kier molecular flexibility index (Phi) is 1.74. The number of hydrogen-bond donors (Lipinski definition) is 0. The lowest BCUT2D eigenvalue weighted by molar-refractivity contribution is 1.58. The van der Waals surface area contributed by atoms with Crippen LogP contribution in [0.5, 0.6) is 0 Å². The summed E-state index contributed by atoms with van der Waals surface area (Å²) in [5, 5.41) is 3.55. The van der Waals surface area contributed by atoms with Gasteiger partial charge in [0.15, 0.2) is 0 Å². The maximum Gasteiger partial charge on any atom is 0.0356 e.